The van der Waals surface area contributed by atoms with E-state index >= 15 is 0 Å². The lowest BCUT2D eigenvalue weighted by molar-refractivity contribution is 0.0996. The van der Waals surface area contributed by atoms with E-state index in [1.165, 1.54) is 11.1 Å². The monoisotopic (exact) mass is 389 g/mol. The highest BCUT2D eigenvalue weighted by atomic mass is 35.5. The number of anilines is 2. The van der Waals surface area contributed by atoms with Crippen molar-refractivity contribution in [3.05, 3.63) is 69.8 Å². The van der Waals surface area contributed by atoms with Crippen LogP contribution >= 0.6 is 22.9 Å². The van der Waals surface area contributed by atoms with Crippen LogP contribution in [-0.4, -0.2) is 18.5 Å². The first-order valence-electron chi connectivity index (χ1n) is 7.83. The molecule has 0 unspecified atom stereocenters. The molecule has 0 saturated heterocycles. The lowest BCUT2D eigenvalue weighted by Gasteiger charge is -2.10. The standard InChI is InChI=1S/C18H16ClN3O3S/c19-14-11-12(21-18(24)20-8-7-13-3-2-10-26-13)5-6-15(14)22-17(23)16-4-1-9-25-16/h1-6,9-11H,7-8H2,(H,22,23)(H2,20,21,24). The molecule has 2 heterocycles. The van der Waals surface area contributed by atoms with E-state index in [4.69, 9.17) is 16.0 Å². The third-order valence-electron chi connectivity index (χ3n) is 3.46. The van der Waals surface area contributed by atoms with Gasteiger partial charge in [-0.05, 0) is 48.2 Å². The first-order valence-corrected chi connectivity index (χ1v) is 9.09. The molecule has 0 aliphatic carbocycles. The number of hydrogen-bond acceptors (Lipinski definition) is 4. The van der Waals surface area contributed by atoms with Gasteiger partial charge in [-0.25, -0.2) is 4.79 Å². The van der Waals surface area contributed by atoms with Gasteiger partial charge in [0, 0.05) is 17.1 Å². The molecule has 0 fully saturated rings. The zero-order valence-electron chi connectivity index (χ0n) is 13.6. The minimum Gasteiger partial charge on any atom is -0.459 e. The summed E-state index contributed by atoms with van der Waals surface area (Å²) < 4.78 is 5.03. The Hall–Kier alpha value is -2.77. The molecule has 0 aliphatic rings. The first-order chi connectivity index (χ1) is 12.6. The zero-order valence-corrected chi connectivity index (χ0v) is 15.2. The third-order valence-corrected chi connectivity index (χ3v) is 4.71. The van der Waals surface area contributed by atoms with Crippen LogP contribution in [0.25, 0.3) is 0 Å². The van der Waals surface area contributed by atoms with Crippen molar-refractivity contribution in [1.29, 1.82) is 0 Å². The van der Waals surface area contributed by atoms with Crippen LogP contribution in [0.3, 0.4) is 0 Å². The van der Waals surface area contributed by atoms with Crippen LogP contribution in [0.4, 0.5) is 16.2 Å². The molecular weight excluding hydrogens is 374 g/mol. The van der Waals surface area contributed by atoms with Crippen LogP contribution in [0.15, 0.2) is 58.5 Å². The van der Waals surface area contributed by atoms with Crippen molar-refractivity contribution in [2.45, 2.75) is 6.42 Å². The molecule has 0 atom stereocenters. The number of nitrogens with one attached hydrogen (secondary N) is 3. The topological polar surface area (TPSA) is 83.4 Å². The van der Waals surface area contributed by atoms with Gasteiger partial charge in [0.15, 0.2) is 5.76 Å². The summed E-state index contributed by atoms with van der Waals surface area (Å²) in [5.41, 5.74) is 0.955. The molecule has 6 nitrogen and oxygen atoms in total. The molecule has 1 aromatic carbocycles. The van der Waals surface area contributed by atoms with Crippen molar-refractivity contribution in [1.82, 2.24) is 5.32 Å². The van der Waals surface area contributed by atoms with Crippen molar-refractivity contribution in [3.8, 4) is 0 Å². The molecule has 26 heavy (non-hydrogen) atoms. The molecule has 3 amide bonds. The van der Waals surface area contributed by atoms with Gasteiger partial charge in [-0.15, -0.1) is 11.3 Å². The summed E-state index contributed by atoms with van der Waals surface area (Å²) in [5, 5.41) is 10.5. The van der Waals surface area contributed by atoms with E-state index in [0.29, 0.717) is 22.9 Å². The van der Waals surface area contributed by atoms with Gasteiger partial charge >= 0.3 is 6.03 Å². The number of halogens is 1. The predicted octanol–water partition coefficient (Wildman–Crippen LogP) is 4.61. The van der Waals surface area contributed by atoms with E-state index in [2.05, 4.69) is 16.0 Å². The Balaban J connectivity index is 1.51. The van der Waals surface area contributed by atoms with Crippen molar-refractivity contribution >= 4 is 46.3 Å². The molecule has 3 aromatic rings. The van der Waals surface area contributed by atoms with Crippen molar-refractivity contribution < 1.29 is 14.0 Å². The average Bonchev–Trinajstić information content (AvgIpc) is 3.30. The van der Waals surface area contributed by atoms with Crippen LogP contribution in [-0.2, 0) is 6.42 Å². The van der Waals surface area contributed by atoms with Gasteiger partial charge in [-0.2, -0.15) is 0 Å². The second-order valence-electron chi connectivity index (χ2n) is 5.34. The lowest BCUT2D eigenvalue weighted by Crippen LogP contribution is -2.30. The fraction of sp³-hybridized carbons (Fsp3) is 0.111. The highest BCUT2D eigenvalue weighted by Gasteiger charge is 2.11. The lowest BCUT2D eigenvalue weighted by atomic mass is 10.2. The van der Waals surface area contributed by atoms with E-state index in [0.717, 1.165) is 6.42 Å². The van der Waals surface area contributed by atoms with E-state index in [-0.39, 0.29) is 11.8 Å². The molecule has 3 rings (SSSR count). The third kappa shape index (κ3) is 4.87. The van der Waals surface area contributed by atoms with Gasteiger partial charge in [-0.3, -0.25) is 4.79 Å². The van der Waals surface area contributed by atoms with Crippen molar-refractivity contribution in [2.24, 2.45) is 0 Å². The molecule has 134 valence electrons. The van der Waals surface area contributed by atoms with E-state index in [1.54, 1.807) is 41.7 Å². The van der Waals surface area contributed by atoms with Crippen LogP contribution in [0.5, 0.6) is 0 Å². The Morgan fingerprint density at radius 2 is 2.00 bits per heavy atom. The van der Waals surface area contributed by atoms with E-state index in [9.17, 15) is 9.59 Å². The molecule has 3 N–H and O–H groups in total. The van der Waals surface area contributed by atoms with E-state index in [1.807, 2.05) is 17.5 Å². The summed E-state index contributed by atoms with van der Waals surface area (Å²) in [6, 6.07) is 11.7. The second kappa shape index (κ2) is 8.55. The average molecular weight is 390 g/mol. The smallest absolute Gasteiger partial charge is 0.319 e. The molecule has 0 saturated carbocycles. The van der Waals surface area contributed by atoms with Gasteiger partial charge in [0.05, 0.1) is 17.0 Å². The molecule has 8 heteroatoms. The molecule has 0 spiro atoms. The summed E-state index contributed by atoms with van der Waals surface area (Å²) in [5.74, 6) is -0.211. The van der Waals surface area contributed by atoms with Gasteiger partial charge < -0.3 is 20.4 Å². The van der Waals surface area contributed by atoms with Gasteiger partial charge in [0.25, 0.3) is 5.91 Å². The highest BCUT2D eigenvalue weighted by molar-refractivity contribution is 7.09. The molecule has 0 radical (unpaired) electrons. The van der Waals surface area contributed by atoms with Crippen LogP contribution in [0, 0.1) is 0 Å². The summed E-state index contributed by atoms with van der Waals surface area (Å²) in [4.78, 5) is 25.1. The first kappa shape index (κ1) is 18.0. The Morgan fingerprint density at radius 3 is 2.69 bits per heavy atom. The van der Waals surface area contributed by atoms with Gasteiger partial charge in [0.1, 0.15) is 0 Å². The Kier molecular flexibility index (Phi) is 5.93. The number of thiophene rings is 1. The zero-order chi connectivity index (χ0) is 18.4. The summed E-state index contributed by atoms with van der Waals surface area (Å²) in [6.07, 6.45) is 2.20. The van der Waals surface area contributed by atoms with Crippen LogP contribution in [0.1, 0.15) is 15.4 Å². The number of amides is 3. The number of furan rings is 1. The SMILES string of the molecule is O=C(NCCc1cccs1)Nc1ccc(NC(=O)c2ccco2)c(Cl)c1. The minimum absolute atomic E-state index is 0.188. The summed E-state index contributed by atoms with van der Waals surface area (Å²) in [6.45, 7) is 0.539. The van der Waals surface area contributed by atoms with Crippen LogP contribution in [0.2, 0.25) is 5.02 Å². The fourth-order valence-corrected chi connectivity index (χ4v) is 3.15. The molecule has 2 aromatic heterocycles. The Bertz CT molecular complexity index is 879. The van der Waals surface area contributed by atoms with E-state index < -0.39 is 5.91 Å². The quantitative estimate of drug-likeness (QED) is 0.575. The summed E-state index contributed by atoms with van der Waals surface area (Å²) in [7, 11) is 0. The predicted molar refractivity (Wildman–Crippen MR) is 103 cm³/mol. The fourth-order valence-electron chi connectivity index (χ4n) is 2.22. The molecule has 0 aliphatic heterocycles. The Labute approximate surface area is 159 Å². The molecular formula is C18H16ClN3O3S. The largest absolute Gasteiger partial charge is 0.459 e. The maximum Gasteiger partial charge on any atom is 0.319 e. The normalized spacial score (nSPS) is 10.3. The van der Waals surface area contributed by atoms with Crippen molar-refractivity contribution in [2.75, 3.05) is 17.2 Å². The van der Waals surface area contributed by atoms with Crippen LogP contribution < -0.4 is 16.0 Å². The number of carbonyl (C=O) groups excluding carboxylic acids is 2. The Morgan fingerprint density at radius 1 is 1.12 bits per heavy atom. The maximum absolute atomic E-state index is 12.0. The number of benzene rings is 1. The summed E-state index contributed by atoms with van der Waals surface area (Å²) >= 11 is 7.83. The number of urea groups is 1. The molecule has 0 bridgehead atoms. The number of hydrogen-bond donors (Lipinski definition) is 3. The number of rotatable bonds is 6. The highest BCUT2D eigenvalue weighted by Crippen LogP contribution is 2.26. The van der Waals surface area contributed by atoms with Gasteiger partial charge in [0.2, 0.25) is 0 Å². The number of carbonyl (C=O) groups is 2. The minimum atomic E-state index is -0.399. The van der Waals surface area contributed by atoms with Gasteiger partial charge in [-0.1, -0.05) is 17.7 Å². The maximum atomic E-state index is 12.0. The van der Waals surface area contributed by atoms with Crippen molar-refractivity contribution in [3.63, 3.8) is 0 Å². The second-order valence-corrected chi connectivity index (χ2v) is 6.78.